The molecule has 0 fully saturated rings. The van der Waals surface area contributed by atoms with Crippen LogP contribution in [0.3, 0.4) is 0 Å². The van der Waals surface area contributed by atoms with Crippen LogP contribution in [0.5, 0.6) is 0 Å². The molecule has 0 saturated carbocycles. The average molecular weight is 205 g/mol. The Morgan fingerprint density at radius 2 is 2.07 bits per heavy atom. The Labute approximate surface area is 87.0 Å². The Hall–Kier alpha value is -1.84. The Balaban J connectivity index is 2.96. The summed E-state index contributed by atoms with van der Waals surface area (Å²) in [7, 11) is 0. The maximum absolute atomic E-state index is 11.8. The molecule has 78 valence electrons. The van der Waals surface area contributed by atoms with E-state index in [0.29, 0.717) is 5.56 Å². The largest absolute Gasteiger partial charge is 0.393 e. The molecule has 0 aliphatic carbocycles. The van der Waals surface area contributed by atoms with Gasteiger partial charge in [0.15, 0.2) is 5.78 Å². The first kappa shape index (κ1) is 11.2. The van der Waals surface area contributed by atoms with E-state index in [4.69, 9.17) is 5.53 Å². The summed E-state index contributed by atoms with van der Waals surface area (Å²) in [5, 5.41) is 12.6. The third-order valence-electron chi connectivity index (χ3n) is 1.96. The quantitative estimate of drug-likeness (QED) is 0.352. The fourth-order valence-corrected chi connectivity index (χ4v) is 1.20. The minimum atomic E-state index is -1.06. The smallest absolute Gasteiger partial charge is 0.174 e. The molecule has 5 nitrogen and oxygen atoms in total. The molecule has 5 heteroatoms. The van der Waals surface area contributed by atoms with Crippen LogP contribution in [0, 0.1) is 0 Å². The molecule has 0 aromatic heterocycles. The van der Waals surface area contributed by atoms with E-state index in [1.54, 1.807) is 30.3 Å². The lowest BCUT2D eigenvalue weighted by Gasteiger charge is -2.12. The van der Waals surface area contributed by atoms with Crippen molar-refractivity contribution < 1.29 is 9.90 Å². The molecular weight excluding hydrogens is 194 g/mol. The zero-order chi connectivity index (χ0) is 11.3. The van der Waals surface area contributed by atoms with E-state index in [-0.39, 0.29) is 5.78 Å². The molecule has 1 N–H and O–H groups in total. The fourth-order valence-electron chi connectivity index (χ4n) is 1.20. The first-order valence-electron chi connectivity index (χ1n) is 4.48. The molecule has 0 aliphatic heterocycles. The lowest BCUT2D eigenvalue weighted by molar-refractivity contribution is 0.0848. The third-order valence-corrected chi connectivity index (χ3v) is 1.96. The summed E-state index contributed by atoms with van der Waals surface area (Å²) in [5.74, 6) is -0.372. The van der Waals surface area contributed by atoms with Crippen LogP contribution < -0.4 is 0 Å². The number of ketones is 1. The van der Waals surface area contributed by atoms with E-state index in [2.05, 4.69) is 10.0 Å². The van der Waals surface area contributed by atoms with Gasteiger partial charge >= 0.3 is 0 Å². The maximum atomic E-state index is 11.8. The van der Waals surface area contributed by atoms with Gasteiger partial charge in [-0.3, -0.25) is 4.79 Å². The molecule has 1 aromatic rings. The summed E-state index contributed by atoms with van der Waals surface area (Å²) in [5.41, 5.74) is 8.70. The van der Waals surface area contributed by atoms with Crippen LogP contribution >= 0.6 is 0 Å². The zero-order valence-corrected chi connectivity index (χ0v) is 8.24. The minimum absolute atomic E-state index is 0.372. The molecule has 1 aromatic carbocycles. The van der Waals surface area contributed by atoms with Crippen molar-refractivity contribution >= 4 is 5.78 Å². The lowest BCUT2D eigenvalue weighted by Crippen LogP contribution is -2.29. The highest BCUT2D eigenvalue weighted by Crippen LogP contribution is 2.09. The molecule has 0 unspecified atom stereocenters. The number of rotatable bonds is 4. The minimum Gasteiger partial charge on any atom is -0.393 e. The number of aliphatic hydroxyl groups excluding tert-OH is 1. The van der Waals surface area contributed by atoms with Gasteiger partial charge in [-0.1, -0.05) is 35.4 Å². The van der Waals surface area contributed by atoms with Gasteiger partial charge in [0, 0.05) is 10.5 Å². The van der Waals surface area contributed by atoms with Crippen molar-refractivity contribution in [3.05, 3.63) is 46.3 Å². The van der Waals surface area contributed by atoms with E-state index >= 15 is 0 Å². The van der Waals surface area contributed by atoms with Gasteiger partial charge in [0.05, 0.1) is 6.10 Å². The van der Waals surface area contributed by atoms with E-state index in [0.717, 1.165) is 0 Å². The molecule has 1 rings (SSSR count). The van der Waals surface area contributed by atoms with Gasteiger partial charge in [-0.2, -0.15) is 0 Å². The van der Waals surface area contributed by atoms with Crippen LogP contribution in [0.1, 0.15) is 17.3 Å². The molecule has 2 atom stereocenters. The first-order valence-corrected chi connectivity index (χ1v) is 4.48. The number of azide groups is 1. The normalized spacial score (nSPS) is 13.7. The van der Waals surface area contributed by atoms with Crippen molar-refractivity contribution in [1.82, 2.24) is 0 Å². The predicted octanol–water partition coefficient (Wildman–Crippen LogP) is 1.93. The average Bonchev–Trinajstić information content (AvgIpc) is 2.26. The third kappa shape index (κ3) is 2.80. The van der Waals surface area contributed by atoms with Gasteiger partial charge in [-0.15, -0.1) is 0 Å². The molecule has 0 saturated heterocycles. The zero-order valence-electron chi connectivity index (χ0n) is 8.24. The molecule has 15 heavy (non-hydrogen) atoms. The van der Waals surface area contributed by atoms with Crippen LogP contribution in [0.4, 0.5) is 0 Å². The van der Waals surface area contributed by atoms with Gasteiger partial charge < -0.3 is 5.11 Å². The van der Waals surface area contributed by atoms with E-state index in [9.17, 15) is 9.90 Å². The molecule has 0 bridgehead atoms. The topological polar surface area (TPSA) is 86.1 Å². The fraction of sp³-hybridized carbons (Fsp3) is 0.300. The van der Waals surface area contributed by atoms with Crippen LogP contribution in [-0.4, -0.2) is 23.0 Å². The summed E-state index contributed by atoms with van der Waals surface area (Å²) in [4.78, 5) is 14.3. The van der Waals surface area contributed by atoms with E-state index in [1.807, 2.05) is 0 Å². The Morgan fingerprint density at radius 1 is 1.47 bits per heavy atom. The summed E-state index contributed by atoms with van der Waals surface area (Å²) in [6.45, 7) is 1.42. The number of carbonyl (C=O) groups excluding carboxylic acids is 1. The molecular formula is C10H11N3O2. The van der Waals surface area contributed by atoms with E-state index < -0.39 is 12.1 Å². The Morgan fingerprint density at radius 3 is 2.53 bits per heavy atom. The first-order chi connectivity index (χ1) is 7.16. The Bertz CT molecular complexity index is 383. The van der Waals surface area contributed by atoms with Gasteiger partial charge in [-0.05, 0) is 12.5 Å². The van der Waals surface area contributed by atoms with Crippen molar-refractivity contribution in [2.75, 3.05) is 0 Å². The van der Waals surface area contributed by atoms with Crippen molar-refractivity contribution in [3.63, 3.8) is 0 Å². The standard InChI is InChI=1S/C10H11N3O2/c1-7(14)9(12-13-11)10(15)8-5-3-2-4-6-8/h2-7,9,14H,1H3/t7-,9+/m0/s1. The van der Waals surface area contributed by atoms with Crippen LogP contribution in [-0.2, 0) is 0 Å². The number of aliphatic hydroxyl groups is 1. The van der Waals surface area contributed by atoms with Gasteiger partial charge in [0.2, 0.25) is 0 Å². The summed E-state index contributed by atoms with van der Waals surface area (Å²) >= 11 is 0. The SMILES string of the molecule is C[C@H](O)[C@@H](N=[N+]=[N-])C(=O)c1ccccc1. The second-order valence-electron chi connectivity index (χ2n) is 3.12. The van der Waals surface area contributed by atoms with Crippen molar-refractivity contribution in [3.8, 4) is 0 Å². The summed E-state index contributed by atoms with van der Waals surface area (Å²) in [6.07, 6.45) is -0.992. The Kier molecular flexibility index (Phi) is 3.85. The second kappa shape index (κ2) is 5.14. The molecule has 0 spiro atoms. The van der Waals surface area contributed by atoms with Gasteiger partial charge in [-0.25, -0.2) is 0 Å². The number of hydrogen-bond donors (Lipinski definition) is 1. The molecule has 0 amide bonds. The van der Waals surface area contributed by atoms with Crippen molar-refractivity contribution in [1.29, 1.82) is 0 Å². The number of nitrogens with zero attached hydrogens (tertiary/aromatic N) is 3. The van der Waals surface area contributed by atoms with Crippen LogP contribution in [0.25, 0.3) is 10.4 Å². The number of Topliss-reactive ketones (excluding diaryl/α,β-unsaturated/α-hetero) is 1. The van der Waals surface area contributed by atoms with Crippen LogP contribution in [0.2, 0.25) is 0 Å². The number of carbonyl (C=O) groups is 1. The predicted molar refractivity (Wildman–Crippen MR) is 55.4 cm³/mol. The van der Waals surface area contributed by atoms with Crippen LogP contribution in [0.15, 0.2) is 35.4 Å². The lowest BCUT2D eigenvalue weighted by atomic mass is 10.0. The monoisotopic (exact) mass is 205 g/mol. The maximum Gasteiger partial charge on any atom is 0.174 e. The highest BCUT2D eigenvalue weighted by molar-refractivity contribution is 6.00. The van der Waals surface area contributed by atoms with Crippen molar-refractivity contribution in [2.45, 2.75) is 19.1 Å². The number of hydrogen-bond acceptors (Lipinski definition) is 3. The van der Waals surface area contributed by atoms with E-state index in [1.165, 1.54) is 6.92 Å². The highest BCUT2D eigenvalue weighted by Gasteiger charge is 2.23. The summed E-state index contributed by atoms with van der Waals surface area (Å²) in [6, 6.07) is 7.37. The van der Waals surface area contributed by atoms with Gasteiger partial charge in [0.1, 0.15) is 6.04 Å². The van der Waals surface area contributed by atoms with Gasteiger partial charge in [0.25, 0.3) is 0 Å². The highest BCUT2D eigenvalue weighted by atomic mass is 16.3. The number of benzene rings is 1. The molecule has 0 aliphatic rings. The second-order valence-corrected chi connectivity index (χ2v) is 3.12. The summed E-state index contributed by atoms with van der Waals surface area (Å²) < 4.78 is 0. The molecule has 0 radical (unpaired) electrons. The molecule has 0 heterocycles. The van der Waals surface area contributed by atoms with Crippen molar-refractivity contribution in [2.24, 2.45) is 5.11 Å².